The molecule has 0 aromatic heterocycles. The first-order valence-electron chi connectivity index (χ1n) is 3.19. The normalized spacial score (nSPS) is 25.2. The van der Waals surface area contributed by atoms with Gasteiger partial charge >= 0.3 is 0 Å². The Kier molecular flexibility index (Phi) is 2.56. The molecule has 1 fully saturated rings. The predicted octanol–water partition coefficient (Wildman–Crippen LogP) is -0.0150. The van der Waals surface area contributed by atoms with E-state index in [-0.39, 0.29) is 0 Å². The average molecular weight is 125 g/mol. The van der Waals surface area contributed by atoms with Crippen molar-refractivity contribution in [1.82, 2.24) is 0 Å². The van der Waals surface area contributed by atoms with Gasteiger partial charge in [0, 0.05) is 12.5 Å². The minimum absolute atomic E-state index is 0.452. The lowest BCUT2D eigenvalue weighted by atomic mass is 10.1. The van der Waals surface area contributed by atoms with E-state index in [0.29, 0.717) is 12.5 Å². The highest BCUT2D eigenvalue weighted by atomic mass is 16.5. The summed E-state index contributed by atoms with van der Waals surface area (Å²) in [5.74, 6) is 6.32. The third-order valence-corrected chi connectivity index (χ3v) is 1.34. The molecule has 1 unspecified atom stereocenters. The van der Waals surface area contributed by atoms with Gasteiger partial charge in [-0.15, -0.1) is 0 Å². The minimum Gasteiger partial charge on any atom is -0.380 e. The van der Waals surface area contributed by atoms with E-state index in [4.69, 9.17) is 10.5 Å². The van der Waals surface area contributed by atoms with Gasteiger partial charge in [-0.25, -0.2) is 0 Å². The summed E-state index contributed by atoms with van der Waals surface area (Å²) in [6.45, 7) is 2.13. The van der Waals surface area contributed by atoms with Crippen molar-refractivity contribution in [1.29, 1.82) is 0 Å². The number of ether oxygens (including phenoxy) is 1. The van der Waals surface area contributed by atoms with Crippen LogP contribution in [0.15, 0.2) is 0 Å². The molecule has 2 heteroatoms. The Labute approximate surface area is 55.4 Å². The molecular weight excluding hydrogens is 114 g/mol. The first-order chi connectivity index (χ1) is 4.43. The van der Waals surface area contributed by atoms with Crippen LogP contribution in [0, 0.1) is 17.8 Å². The number of hydrogen-bond donors (Lipinski definition) is 1. The second-order valence-corrected chi connectivity index (χ2v) is 2.09. The van der Waals surface area contributed by atoms with Gasteiger partial charge < -0.3 is 10.5 Å². The van der Waals surface area contributed by atoms with Crippen LogP contribution in [0.1, 0.15) is 6.42 Å². The standard InChI is InChI=1S/C7H11NO/c8-4-1-2-7-3-5-9-6-7/h7H,3-6,8H2. The van der Waals surface area contributed by atoms with E-state index in [1.54, 1.807) is 0 Å². The Morgan fingerprint density at radius 2 is 2.56 bits per heavy atom. The lowest BCUT2D eigenvalue weighted by Crippen LogP contribution is -1.98. The molecule has 0 radical (unpaired) electrons. The number of nitrogens with two attached hydrogens (primary N) is 1. The summed E-state index contributed by atoms with van der Waals surface area (Å²) in [5, 5.41) is 0. The molecule has 0 amide bonds. The molecule has 0 aromatic carbocycles. The van der Waals surface area contributed by atoms with Gasteiger partial charge in [-0.05, 0) is 6.42 Å². The van der Waals surface area contributed by atoms with Crippen LogP contribution in [0.25, 0.3) is 0 Å². The molecule has 2 nitrogen and oxygen atoms in total. The van der Waals surface area contributed by atoms with Gasteiger partial charge in [0.25, 0.3) is 0 Å². The molecule has 9 heavy (non-hydrogen) atoms. The number of hydrogen-bond acceptors (Lipinski definition) is 2. The van der Waals surface area contributed by atoms with Crippen molar-refractivity contribution in [3.63, 3.8) is 0 Å². The van der Waals surface area contributed by atoms with Crippen molar-refractivity contribution in [3.8, 4) is 11.8 Å². The maximum Gasteiger partial charge on any atom is 0.0604 e. The molecular formula is C7H11NO. The molecule has 0 aliphatic carbocycles. The zero-order valence-electron chi connectivity index (χ0n) is 5.39. The van der Waals surface area contributed by atoms with Crippen LogP contribution in [0.3, 0.4) is 0 Å². The van der Waals surface area contributed by atoms with E-state index >= 15 is 0 Å². The van der Waals surface area contributed by atoms with Crippen LogP contribution in [-0.4, -0.2) is 19.8 Å². The molecule has 1 heterocycles. The highest BCUT2D eigenvalue weighted by molar-refractivity contribution is 5.05. The maximum absolute atomic E-state index is 5.19. The first kappa shape index (κ1) is 6.60. The van der Waals surface area contributed by atoms with E-state index in [1.165, 1.54) is 0 Å². The van der Waals surface area contributed by atoms with Crippen LogP contribution in [0.5, 0.6) is 0 Å². The van der Waals surface area contributed by atoms with E-state index in [9.17, 15) is 0 Å². The fourth-order valence-corrected chi connectivity index (χ4v) is 0.852. The van der Waals surface area contributed by atoms with Gasteiger partial charge in [-0.2, -0.15) is 0 Å². The van der Waals surface area contributed by atoms with Crippen molar-refractivity contribution in [2.24, 2.45) is 11.7 Å². The Morgan fingerprint density at radius 1 is 1.67 bits per heavy atom. The predicted molar refractivity (Wildman–Crippen MR) is 35.8 cm³/mol. The van der Waals surface area contributed by atoms with E-state index in [1.807, 2.05) is 0 Å². The van der Waals surface area contributed by atoms with Crippen LogP contribution in [0.2, 0.25) is 0 Å². The second-order valence-electron chi connectivity index (χ2n) is 2.09. The van der Waals surface area contributed by atoms with Gasteiger partial charge in [-0.1, -0.05) is 11.8 Å². The molecule has 0 bridgehead atoms. The lowest BCUT2D eigenvalue weighted by Gasteiger charge is -1.91. The molecule has 2 N–H and O–H groups in total. The molecule has 1 saturated heterocycles. The largest absolute Gasteiger partial charge is 0.380 e. The molecule has 1 atom stereocenters. The number of rotatable bonds is 0. The fourth-order valence-electron chi connectivity index (χ4n) is 0.852. The van der Waals surface area contributed by atoms with E-state index in [2.05, 4.69) is 11.8 Å². The van der Waals surface area contributed by atoms with Crippen LogP contribution in [0.4, 0.5) is 0 Å². The third-order valence-electron chi connectivity index (χ3n) is 1.34. The van der Waals surface area contributed by atoms with E-state index < -0.39 is 0 Å². The summed E-state index contributed by atoms with van der Waals surface area (Å²) in [5.41, 5.74) is 5.19. The molecule has 0 aromatic rings. The summed E-state index contributed by atoms with van der Waals surface area (Å²) in [4.78, 5) is 0. The van der Waals surface area contributed by atoms with Gasteiger partial charge in [0.1, 0.15) is 0 Å². The quantitative estimate of drug-likeness (QED) is 0.462. The molecule has 0 saturated carbocycles. The first-order valence-corrected chi connectivity index (χ1v) is 3.19. The summed E-state index contributed by atoms with van der Waals surface area (Å²) in [6.07, 6.45) is 1.08. The van der Waals surface area contributed by atoms with Crippen molar-refractivity contribution in [2.45, 2.75) is 6.42 Å². The van der Waals surface area contributed by atoms with Crippen molar-refractivity contribution >= 4 is 0 Å². The van der Waals surface area contributed by atoms with Crippen molar-refractivity contribution in [3.05, 3.63) is 0 Å². The van der Waals surface area contributed by atoms with Gasteiger partial charge in [0.15, 0.2) is 0 Å². The molecule has 1 aliphatic rings. The zero-order chi connectivity index (χ0) is 6.53. The van der Waals surface area contributed by atoms with Crippen molar-refractivity contribution in [2.75, 3.05) is 19.8 Å². The van der Waals surface area contributed by atoms with Crippen LogP contribution < -0.4 is 5.73 Å². The van der Waals surface area contributed by atoms with Crippen LogP contribution >= 0.6 is 0 Å². The highest BCUT2D eigenvalue weighted by Crippen LogP contribution is 2.09. The SMILES string of the molecule is NCC#CC1CCOC1. The highest BCUT2D eigenvalue weighted by Gasteiger charge is 2.11. The van der Waals surface area contributed by atoms with Gasteiger partial charge in [0.05, 0.1) is 13.2 Å². The average Bonchev–Trinajstić information content (AvgIpc) is 2.34. The van der Waals surface area contributed by atoms with Gasteiger partial charge in [-0.3, -0.25) is 0 Å². The third kappa shape index (κ3) is 2.05. The van der Waals surface area contributed by atoms with Crippen LogP contribution in [-0.2, 0) is 4.74 Å². The van der Waals surface area contributed by atoms with Crippen molar-refractivity contribution < 1.29 is 4.74 Å². The second kappa shape index (κ2) is 3.49. The Morgan fingerprint density at radius 3 is 3.11 bits per heavy atom. The molecule has 50 valence electrons. The Hall–Kier alpha value is -0.520. The maximum atomic E-state index is 5.19. The summed E-state index contributed by atoms with van der Waals surface area (Å²) < 4.78 is 5.11. The van der Waals surface area contributed by atoms with E-state index in [0.717, 1.165) is 19.6 Å². The molecule has 1 aliphatic heterocycles. The zero-order valence-corrected chi connectivity index (χ0v) is 5.39. The fraction of sp³-hybridized carbons (Fsp3) is 0.714. The molecule has 0 spiro atoms. The Bertz CT molecular complexity index is 128. The molecule has 1 rings (SSSR count). The summed E-state index contributed by atoms with van der Waals surface area (Å²) in [7, 11) is 0. The lowest BCUT2D eigenvalue weighted by molar-refractivity contribution is 0.192. The smallest absolute Gasteiger partial charge is 0.0604 e. The summed E-state index contributed by atoms with van der Waals surface area (Å²) in [6, 6.07) is 0. The monoisotopic (exact) mass is 125 g/mol. The topological polar surface area (TPSA) is 35.2 Å². The van der Waals surface area contributed by atoms with Gasteiger partial charge in [0.2, 0.25) is 0 Å². The summed E-state index contributed by atoms with van der Waals surface area (Å²) >= 11 is 0. The minimum atomic E-state index is 0.452. The Balaban J connectivity index is 2.26.